The summed E-state index contributed by atoms with van der Waals surface area (Å²) in [5.41, 5.74) is 1.09. The van der Waals surface area contributed by atoms with Crippen LogP contribution in [0.15, 0.2) is 56.7 Å². The van der Waals surface area contributed by atoms with Gasteiger partial charge in [0.2, 0.25) is 0 Å². The number of thioether (sulfide) groups is 1. The number of nitrogens with zero attached hydrogens (tertiary/aromatic N) is 2. The Morgan fingerprint density at radius 2 is 1.89 bits per heavy atom. The molecule has 1 amide bonds. The lowest BCUT2D eigenvalue weighted by Gasteiger charge is -2.05. The average Bonchev–Trinajstić information content (AvgIpc) is 3.08. The molecule has 0 bridgehead atoms. The van der Waals surface area contributed by atoms with Crippen molar-refractivity contribution >= 4 is 69.7 Å². The van der Waals surface area contributed by atoms with Gasteiger partial charge in [0.05, 0.1) is 29.6 Å². The van der Waals surface area contributed by atoms with Gasteiger partial charge in [0.1, 0.15) is 6.07 Å². The molecule has 0 aliphatic rings. The number of halogens is 2. The molecule has 1 N–H and O–H groups in total. The molecule has 0 unspecified atom stereocenters. The fraction of sp³-hybridized carbons (Fsp3) is 0.0556. The monoisotopic (exact) mass is 451 g/mol. The molecule has 136 valence electrons. The van der Waals surface area contributed by atoms with Gasteiger partial charge in [-0.05, 0) is 36.6 Å². The lowest BCUT2D eigenvalue weighted by Crippen LogP contribution is -2.09. The maximum absolute atomic E-state index is 12.5. The first-order valence-corrected chi connectivity index (χ1v) is 11.1. The van der Waals surface area contributed by atoms with Gasteiger partial charge in [0.15, 0.2) is 0 Å². The molecule has 0 saturated heterocycles. The largest absolute Gasteiger partial charge is 0.321 e. The second-order valence-electron chi connectivity index (χ2n) is 5.14. The zero-order chi connectivity index (χ0) is 19.4. The number of hydrogen-bond acceptors (Lipinski definition) is 6. The Balaban J connectivity index is 1.83. The molecule has 0 aliphatic carbocycles. The number of carbonyl (C=O) groups excluding carboxylic acids is 1. The Bertz CT molecular complexity index is 1010. The molecule has 9 heteroatoms. The van der Waals surface area contributed by atoms with Crippen LogP contribution in [0.4, 0.5) is 5.69 Å². The normalized spacial score (nSPS) is 10.4. The number of thiophene rings is 1. The van der Waals surface area contributed by atoms with Crippen molar-refractivity contribution in [2.45, 2.75) is 14.0 Å². The van der Waals surface area contributed by atoms with Gasteiger partial charge in [-0.25, -0.2) is 0 Å². The van der Waals surface area contributed by atoms with E-state index < -0.39 is 0 Å². The molecular formula is C18H11Cl2N3OS3. The quantitative estimate of drug-likeness (QED) is 0.451. The van der Waals surface area contributed by atoms with Crippen LogP contribution >= 0.6 is 58.1 Å². The molecule has 3 rings (SSSR count). The van der Waals surface area contributed by atoms with Crippen LogP contribution in [-0.4, -0.2) is 17.1 Å². The number of hydrogen-bond donors (Lipinski definition) is 1. The molecule has 1 aromatic carbocycles. The zero-order valence-electron chi connectivity index (χ0n) is 13.8. The summed E-state index contributed by atoms with van der Waals surface area (Å²) < 4.78 is 0.649. The van der Waals surface area contributed by atoms with Crippen molar-refractivity contribution in [3.63, 3.8) is 0 Å². The van der Waals surface area contributed by atoms with E-state index in [1.807, 2.05) is 30.5 Å². The summed E-state index contributed by atoms with van der Waals surface area (Å²) in [4.78, 5) is 18.6. The molecular weight excluding hydrogens is 441 g/mol. The summed E-state index contributed by atoms with van der Waals surface area (Å²) in [5, 5.41) is 13.0. The molecule has 0 fully saturated rings. The molecule has 0 aliphatic heterocycles. The van der Waals surface area contributed by atoms with Crippen LogP contribution in [0.3, 0.4) is 0 Å². The van der Waals surface area contributed by atoms with Crippen molar-refractivity contribution in [3.05, 3.63) is 63.2 Å². The van der Waals surface area contributed by atoms with E-state index >= 15 is 0 Å². The van der Waals surface area contributed by atoms with E-state index in [0.29, 0.717) is 35.3 Å². The Hall–Kier alpha value is -1.69. The number of nitriles is 1. The van der Waals surface area contributed by atoms with Crippen molar-refractivity contribution in [2.75, 3.05) is 11.6 Å². The fourth-order valence-electron chi connectivity index (χ4n) is 2.10. The van der Waals surface area contributed by atoms with Gasteiger partial charge in [-0.2, -0.15) is 5.26 Å². The molecule has 27 heavy (non-hydrogen) atoms. The first kappa shape index (κ1) is 20.1. The third kappa shape index (κ3) is 4.78. The van der Waals surface area contributed by atoms with Crippen molar-refractivity contribution in [3.8, 4) is 6.07 Å². The number of carbonyl (C=O) groups is 1. The number of pyridine rings is 1. The molecule has 0 spiro atoms. The predicted octanol–water partition coefficient (Wildman–Crippen LogP) is 6.45. The summed E-state index contributed by atoms with van der Waals surface area (Å²) in [6, 6.07) is 11.2. The van der Waals surface area contributed by atoms with E-state index in [4.69, 9.17) is 23.2 Å². The number of aromatic nitrogens is 1. The van der Waals surface area contributed by atoms with Gasteiger partial charge in [0.25, 0.3) is 5.91 Å². The lowest BCUT2D eigenvalue weighted by molar-refractivity contribution is 0.103. The van der Waals surface area contributed by atoms with Crippen molar-refractivity contribution in [1.82, 2.24) is 4.98 Å². The topological polar surface area (TPSA) is 65.8 Å². The smallest absolute Gasteiger partial charge is 0.265 e. The molecule has 0 saturated carbocycles. The minimum atomic E-state index is -0.271. The van der Waals surface area contributed by atoms with E-state index in [0.717, 1.165) is 4.90 Å². The van der Waals surface area contributed by atoms with Crippen LogP contribution in [0.2, 0.25) is 10.0 Å². The summed E-state index contributed by atoms with van der Waals surface area (Å²) in [5.74, 6) is -0.271. The van der Waals surface area contributed by atoms with E-state index in [9.17, 15) is 10.1 Å². The lowest BCUT2D eigenvalue weighted by atomic mass is 10.3. The SMILES string of the molecule is CSc1ccc(NC(=O)c2cc(C#N)c(Sc3c(Cl)cncc3Cl)s2)cc1. The van der Waals surface area contributed by atoms with Crippen LogP contribution in [0.1, 0.15) is 15.2 Å². The minimum Gasteiger partial charge on any atom is -0.321 e. The van der Waals surface area contributed by atoms with Gasteiger partial charge in [0, 0.05) is 23.0 Å². The standard InChI is InChI=1S/C18H11Cl2N3OS3/c1-25-12-4-2-11(3-5-12)23-17(24)15-6-10(7-21)18(26-15)27-16-13(19)8-22-9-14(16)20/h2-6,8-9H,1H3,(H,23,24). The van der Waals surface area contributed by atoms with Crippen LogP contribution in [0.25, 0.3) is 0 Å². The number of nitrogens with one attached hydrogen (secondary N) is 1. The number of amides is 1. The van der Waals surface area contributed by atoms with E-state index in [1.165, 1.54) is 35.5 Å². The zero-order valence-corrected chi connectivity index (χ0v) is 17.8. The van der Waals surface area contributed by atoms with Gasteiger partial charge < -0.3 is 5.32 Å². The van der Waals surface area contributed by atoms with Crippen LogP contribution < -0.4 is 5.32 Å². The van der Waals surface area contributed by atoms with Crippen molar-refractivity contribution in [2.24, 2.45) is 0 Å². The highest BCUT2D eigenvalue weighted by atomic mass is 35.5. The predicted molar refractivity (Wildman–Crippen MR) is 114 cm³/mol. The highest BCUT2D eigenvalue weighted by molar-refractivity contribution is 8.01. The maximum Gasteiger partial charge on any atom is 0.265 e. The highest BCUT2D eigenvalue weighted by Crippen LogP contribution is 2.42. The number of rotatable bonds is 5. The van der Waals surface area contributed by atoms with Crippen LogP contribution in [-0.2, 0) is 0 Å². The Labute approximate surface area is 178 Å². The molecule has 3 aromatic rings. The summed E-state index contributed by atoms with van der Waals surface area (Å²) in [6.45, 7) is 0. The minimum absolute atomic E-state index is 0.271. The first-order chi connectivity index (χ1) is 13.0. The van der Waals surface area contributed by atoms with Gasteiger partial charge in [-0.15, -0.1) is 23.1 Å². The first-order valence-electron chi connectivity index (χ1n) is 7.48. The number of benzene rings is 1. The second kappa shape index (κ2) is 9.00. The molecule has 0 atom stereocenters. The molecule has 2 aromatic heterocycles. The van der Waals surface area contributed by atoms with Crippen LogP contribution in [0, 0.1) is 11.3 Å². The van der Waals surface area contributed by atoms with Crippen LogP contribution in [0.5, 0.6) is 0 Å². The number of anilines is 1. The summed E-state index contributed by atoms with van der Waals surface area (Å²) in [6.07, 6.45) is 4.96. The Kier molecular flexibility index (Phi) is 6.68. The highest BCUT2D eigenvalue weighted by Gasteiger charge is 2.18. The summed E-state index contributed by atoms with van der Waals surface area (Å²) in [7, 11) is 0. The third-order valence-electron chi connectivity index (χ3n) is 3.39. The average molecular weight is 452 g/mol. The van der Waals surface area contributed by atoms with Gasteiger partial charge in [-0.1, -0.05) is 35.0 Å². The van der Waals surface area contributed by atoms with Crippen molar-refractivity contribution < 1.29 is 4.79 Å². The second-order valence-corrected chi connectivity index (χ2v) is 9.17. The summed E-state index contributed by atoms with van der Waals surface area (Å²) >= 11 is 16.4. The molecule has 0 radical (unpaired) electrons. The Morgan fingerprint density at radius 1 is 1.22 bits per heavy atom. The maximum atomic E-state index is 12.5. The van der Waals surface area contributed by atoms with Gasteiger partial charge >= 0.3 is 0 Å². The van der Waals surface area contributed by atoms with Crippen molar-refractivity contribution in [1.29, 1.82) is 5.26 Å². The molecule has 2 heterocycles. The van der Waals surface area contributed by atoms with Gasteiger partial charge in [-0.3, -0.25) is 9.78 Å². The van der Waals surface area contributed by atoms with E-state index in [2.05, 4.69) is 16.4 Å². The van der Waals surface area contributed by atoms with E-state index in [-0.39, 0.29) is 5.91 Å². The molecule has 4 nitrogen and oxygen atoms in total. The Morgan fingerprint density at radius 3 is 2.48 bits per heavy atom. The van der Waals surface area contributed by atoms with E-state index in [1.54, 1.807) is 17.8 Å². The fourth-order valence-corrected chi connectivity index (χ4v) is 5.22. The third-order valence-corrected chi connectivity index (χ3v) is 7.41.